The molecule has 0 unspecified atom stereocenters. The maximum absolute atomic E-state index is 2.64. The fourth-order valence-electron chi connectivity index (χ4n) is 13.3. The van der Waals surface area contributed by atoms with Crippen molar-refractivity contribution in [2.45, 2.75) is 172 Å². The van der Waals surface area contributed by atoms with E-state index in [9.17, 15) is 0 Å². The van der Waals surface area contributed by atoms with Crippen LogP contribution in [-0.2, 0) is 0 Å². The first-order valence-electron chi connectivity index (χ1n) is 18.7. The maximum atomic E-state index is 2.64. The summed E-state index contributed by atoms with van der Waals surface area (Å²) in [4.78, 5) is 0. The van der Waals surface area contributed by atoms with E-state index in [1.807, 2.05) is 0 Å². The van der Waals surface area contributed by atoms with E-state index < -0.39 is 0 Å². The lowest BCUT2D eigenvalue weighted by atomic mass is 9.48. The van der Waals surface area contributed by atoms with Crippen molar-refractivity contribution in [3.8, 4) is 0 Å². The minimum absolute atomic E-state index is 0.593. The molecule has 0 spiro atoms. The summed E-state index contributed by atoms with van der Waals surface area (Å²) in [5.74, 6) is 9.84. The Hall–Kier alpha value is 0. The highest BCUT2D eigenvalue weighted by Gasteiger charge is 2.52. The smallest absolute Gasteiger partial charge is 0.0295 e. The highest BCUT2D eigenvalue weighted by molar-refractivity contribution is 5.02. The zero-order valence-corrected chi connectivity index (χ0v) is 29.1. The first kappa shape index (κ1) is 31.4. The standard InChI is InChI=1S/2C20H36/c2*1-14-7-6-11-20(5)12-10-17-15(2)8-9-16(13-18(14)20)19(17,3)4/h2*14-18H,6-13H2,1-5H3/t2*14-,15-,16+,17+,18-,20+/m11/s1. The average molecular weight is 553 g/mol. The van der Waals surface area contributed by atoms with Gasteiger partial charge in [0, 0.05) is 0 Å². The molecule has 0 saturated heterocycles. The van der Waals surface area contributed by atoms with Crippen LogP contribution in [0.3, 0.4) is 0 Å². The van der Waals surface area contributed by atoms with Crippen molar-refractivity contribution < 1.29 is 0 Å². The molecule has 12 atom stereocenters. The van der Waals surface area contributed by atoms with Crippen LogP contribution in [0.2, 0.25) is 0 Å². The fourth-order valence-corrected chi connectivity index (χ4v) is 13.3. The topological polar surface area (TPSA) is 0 Å². The van der Waals surface area contributed by atoms with Crippen molar-refractivity contribution >= 4 is 0 Å². The lowest BCUT2D eigenvalue weighted by Crippen LogP contribution is -2.48. The van der Waals surface area contributed by atoms with Crippen LogP contribution in [0.15, 0.2) is 0 Å². The third kappa shape index (κ3) is 5.64. The highest BCUT2D eigenvalue weighted by Crippen LogP contribution is 2.61. The molecule has 0 amide bonds. The molecule has 0 nitrogen and oxygen atoms in total. The minimum Gasteiger partial charge on any atom is -0.0622 e. The van der Waals surface area contributed by atoms with Gasteiger partial charge in [-0.25, -0.2) is 0 Å². The Balaban J connectivity index is 0.000000161. The summed E-state index contributed by atoms with van der Waals surface area (Å²) in [5.41, 5.74) is 2.52. The van der Waals surface area contributed by atoms with Crippen molar-refractivity contribution in [3.05, 3.63) is 0 Å². The normalized spacial score (nSPS) is 51.8. The summed E-state index contributed by atoms with van der Waals surface area (Å²) in [6, 6.07) is 0. The van der Waals surface area contributed by atoms with Crippen LogP contribution in [0.1, 0.15) is 172 Å². The van der Waals surface area contributed by atoms with Crippen molar-refractivity contribution in [2.24, 2.45) is 80.8 Å². The van der Waals surface area contributed by atoms with E-state index in [0.717, 1.165) is 59.2 Å². The van der Waals surface area contributed by atoms with Gasteiger partial charge in [0.05, 0.1) is 0 Å². The predicted molar refractivity (Wildman–Crippen MR) is 175 cm³/mol. The van der Waals surface area contributed by atoms with Crippen molar-refractivity contribution in [3.63, 3.8) is 0 Å². The van der Waals surface area contributed by atoms with Crippen molar-refractivity contribution in [1.29, 1.82) is 0 Å². The van der Waals surface area contributed by atoms with E-state index >= 15 is 0 Å². The first-order valence-corrected chi connectivity index (χ1v) is 18.7. The first-order chi connectivity index (χ1) is 18.7. The van der Waals surface area contributed by atoms with Crippen LogP contribution in [0.25, 0.3) is 0 Å². The zero-order chi connectivity index (χ0) is 29.1. The summed E-state index contributed by atoms with van der Waals surface area (Å²) in [5, 5.41) is 0. The Morgan fingerprint density at radius 2 is 0.725 bits per heavy atom. The fraction of sp³-hybridized carbons (Fsp3) is 1.00. The van der Waals surface area contributed by atoms with Gasteiger partial charge in [0.2, 0.25) is 0 Å². The van der Waals surface area contributed by atoms with Gasteiger partial charge in [-0.15, -0.1) is 0 Å². The Morgan fingerprint density at radius 1 is 0.375 bits per heavy atom. The molecule has 40 heavy (non-hydrogen) atoms. The lowest BCUT2D eigenvalue weighted by molar-refractivity contribution is -0.0693. The molecule has 6 aliphatic rings. The van der Waals surface area contributed by atoms with Gasteiger partial charge in [0.1, 0.15) is 0 Å². The van der Waals surface area contributed by atoms with Crippen LogP contribution in [0, 0.1) is 80.8 Å². The van der Waals surface area contributed by atoms with Crippen LogP contribution in [0.5, 0.6) is 0 Å². The molecule has 232 valence electrons. The predicted octanol–water partition coefficient (Wildman–Crippen LogP) is 12.6. The van der Waals surface area contributed by atoms with Crippen molar-refractivity contribution in [1.82, 2.24) is 0 Å². The molecule has 0 aromatic carbocycles. The molecule has 6 aliphatic carbocycles. The molecule has 6 fully saturated rings. The van der Waals surface area contributed by atoms with Crippen molar-refractivity contribution in [2.75, 3.05) is 0 Å². The number of rotatable bonds is 0. The van der Waals surface area contributed by atoms with E-state index in [4.69, 9.17) is 0 Å². The third-order valence-electron chi connectivity index (χ3n) is 16.4. The third-order valence-corrected chi connectivity index (χ3v) is 16.4. The number of hydrogen-bond acceptors (Lipinski definition) is 0. The summed E-state index contributed by atoms with van der Waals surface area (Å²) >= 11 is 0. The van der Waals surface area contributed by atoms with Crippen LogP contribution < -0.4 is 0 Å². The molecule has 0 aromatic heterocycles. The molecule has 6 saturated carbocycles. The van der Waals surface area contributed by atoms with Gasteiger partial charge >= 0.3 is 0 Å². The van der Waals surface area contributed by atoms with E-state index in [2.05, 4.69) is 69.2 Å². The number of hydrogen-bond donors (Lipinski definition) is 0. The second-order valence-corrected chi connectivity index (χ2v) is 19.2. The van der Waals surface area contributed by atoms with Gasteiger partial charge < -0.3 is 0 Å². The molecule has 0 heterocycles. The van der Waals surface area contributed by atoms with E-state index in [0.29, 0.717) is 21.7 Å². The van der Waals surface area contributed by atoms with Gasteiger partial charge in [-0.2, -0.15) is 0 Å². The molecular formula is C40H72. The summed E-state index contributed by atoms with van der Waals surface area (Å²) in [6.07, 6.45) is 24.1. The Bertz CT molecular complexity index is 780. The monoisotopic (exact) mass is 553 g/mol. The maximum Gasteiger partial charge on any atom is -0.0295 e. The molecule has 0 N–H and O–H groups in total. The van der Waals surface area contributed by atoms with Crippen LogP contribution in [-0.4, -0.2) is 0 Å². The molecule has 6 rings (SSSR count). The van der Waals surface area contributed by atoms with E-state index in [1.165, 1.54) is 103 Å². The number of fused-ring (bicyclic) bond motifs is 6. The quantitative estimate of drug-likeness (QED) is 0.280. The Kier molecular flexibility index (Phi) is 9.03. The lowest BCUT2D eigenvalue weighted by Gasteiger charge is -2.57. The Morgan fingerprint density at radius 3 is 1.10 bits per heavy atom. The molecule has 0 aromatic rings. The van der Waals surface area contributed by atoms with Gasteiger partial charge in [-0.1, -0.05) is 108 Å². The minimum atomic E-state index is 0.593. The second-order valence-electron chi connectivity index (χ2n) is 19.2. The summed E-state index contributed by atoms with van der Waals surface area (Å²) < 4.78 is 0. The SMILES string of the molecule is C[C@@H]1CCC[C@@]2(C)CC[C@H]3[C@H](C)CC[C@@H](C[C@H]12)C3(C)C.C[C@@H]1CCC[C@@]2(C)CC[C@H]3[C@H](C)CC[C@@H](C[C@H]12)C3(C)C. The van der Waals surface area contributed by atoms with E-state index in [1.54, 1.807) is 0 Å². The van der Waals surface area contributed by atoms with Crippen LogP contribution in [0.4, 0.5) is 0 Å². The summed E-state index contributed by atoms with van der Waals surface area (Å²) in [7, 11) is 0. The molecular weight excluding hydrogens is 480 g/mol. The van der Waals surface area contributed by atoms with Gasteiger partial charge in [-0.3, -0.25) is 0 Å². The van der Waals surface area contributed by atoms with E-state index in [-0.39, 0.29) is 0 Å². The molecule has 4 bridgehead atoms. The molecule has 0 heteroatoms. The largest absolute Gasteiger partial charge is 0.0622 e. The Labute approximate surface area is 252 Å². The molecule has 0 aliphatic heterocycles. The summed E-state index contributed by atoms with van der Waals surface area (Å²) in [6.45, 7) is 25.9. The molecule has 0 radical (unpaired) electrons. The van der Waals surface area contributed by atoms with Gasteiger partial charge in [-0.05, 0) is 145 Å². The second kappa shape index (κ2) is 11.5. The zero-order valence-electron chi connectivity index (χ0n) is 29.1. The average Bonchev–Trinajstić information content (AvgIpc) is 2.85. The highest BCUT2D eigenvalue weighted by atomic mass is 14.6. The van der Waals surface area contributed by atoms with Gasteiger partial charge in [0.15, 0.2) is 0 Å². The van der Waals surface area contributed by atoms with Crippen LogP contribution >= 0.6 is 0 Å². The van der Waals surface area contributed by atoms with Gasteiger partial charge in [0.25, 0.3) is 0 Å².